The lowest BCUT2D eigenvalue weighted by Gasteiger charge is -2.33. The van der Waals surface area contributed by atoms with Crippen LogP contribution in [-0.2, 0) is 11.8 Å². The van der Waals surface area contributed by atoms with E-state index < -0.39 is 5.41 Å². The number of nitriles is 1. The van der Waals surface area contributed by atoms with Gasteiger partial charge in [-0.1, -0.05) is 26.0 Å². The Morgan fingerprint density at radius 3 is 1.94 bits per heavy atom. The number of benzene rings is 2. The summed E-state index contributed by atoms with van der Waals surface area (Å²) in [7, 11) is 8.52. The first-order valence-electron chi connectivity index (χ1n) is 11.4. The van der Waals surface area contributed by atoms with Crippen LogP contribution in [0.2, 0.25) is 0 Å². The number of hydrogen-bond donors (Lipinski definition) is 1. The summed E-state index contributed by atoms with van der Waals surface area (Å²) in [6.07, 6.45) is 3.49. The maximum absolute atomic E-state index is 10.3. The molecule has 0 saturated carbocycles. The van der Waals surface area contributed by atoms with Crippen LogP contribution in [0, 0.1) is 17.2 Å². The zero-order chi connectivity index (χ0) is 24.4. The van der Waals surface area contributed by atoms with E-state index in [1.807, 2.05) is 37.4 Å². The fraction of sp³-hybridized carbons (Fsp3) is 0.519. The van der Waals surface area contributed by atoms with Gasteiger partial charge in [0.05, 0.1) is 39.9 Å². The highest BCUT2D eigenvalue weighted by atomic mass is 16.5. The van der Waals surface area contributed by atoms with Gasteiger partial charge in [0.1, 0.15) is 0 Å². The van der Waals surface area contributed by atoms with Gasteiger partial charge in [0.25, 0.3) is 0 Å². The number of hydrogen-bond acceptors (Lipinski definition) is 6. The van der Waals surface area contributed by atoms with Crippen molar-refractivity contribution >= 4 is 0 Å². The number of rotatable bonds is 13. The molecule has 0 spiro atoms. The molecule has 0 bridgehead atoms. The zero-order valence-corrected chi connectivity index (χ0v) is 21.0. The largest absolute Gasteiger partial charge is 0.493 e. The average molecular weight is 455 g/mol. The number of ether oxygens (including phenoxy) is 4. The fourth-order valence-electron chi connectivity index (χ4n) is 4.34. The molecule has 0 aliphatic rings. The van der Waals surface area contributed by atoms with Crippen molar-refractivity contribution in [3.63, 3.8) is 0 Å². The molecule has 2 rings (SSSR count). The Hall–Kier alpha value is -2.91. The third kappa shape index (κ3) is 6.11. The standard InChI is InChI=1S/C27H38N2O4/c1-19(2)27(18-28,21-10-13-24(31-5)26(17-21)33-7)15-14-22(29-3)11-8-20-9-12-23(30-4)25(16-20)32-6/h9-10,12-13,16-17,19,22,29H,8,11,14-15H2,1-7H3. The van der Waals surface area contributed by atoms with Crippen molar-refractivity contribution in [2.24, 2.45) is 5.92 Å². The van der Waals surface area contributed by atoms with E-state index in [9.17, 15) is 5.26 Å². The van der Waals surface area contributed by atoms with E-state index in [2.05, 4.69) is 31.3 Å². The number of methoxy groups -OCH3 is 4. The number of nitrogens with one attached hydrogen (secondary N) is 1. The molecular weight excluding hydrogens is 416 g/mol. The summed E-state index contributed by atoms with van der Waals surface area (Å²) in [5.74, 6) is 2.93. The van der Waals surface area contributed by atoms with E-state index in [0.717, 1.165) is 42.7 Å². The number of aryl methyl sites for hydroxylation is 1. The number of nitrogens with zero attached hydrogens (tertiary/aromatic N) is 1. The molecule has 6 heteroatoms. The van der Waals surface area contributed by atoms with Gasteiger partial charge in [-0.3, -0.25) is 0 Å². The van der Waals surface area contributed by atoms with E-state index in [1.54, 1.807) is 28.4 Å². The molecule has 0 aliphatic carbocycles. The average Bonchev–Trinajstić information content (AvgIpc) is 2.85. The molecule has 0 radical (unpaired) electrons. The molecule has 2 unspecified atom stereocenters. The summed E-state index contributed by atoms with van der Waals surface area (Å²) in [5, 5.41) is 13.8. The minimum Gasteiger partial charge on any atom is -0.493 e. The topological polar surface area (TPSA) is 72.7 Å². The Morgan fingerprint density at radius 1 is 0.848 bits per heavy atom. The fourth-order valence-corrected chi connectivity index (χ4v) is 4.34. The summed E-state index contributed by atoms with van der Waals surface area (Å²) in [6.45, 7) is 4.22. The van der Waals surface area contributed by atoms with Crippen LogP contribution in [0.3, 0.4) is 0 Å². The van der Waals surface area contributed by atoms with Crippen molar-refractivity contribution in [2.75, 3.05) is 35.5 Å². The lowest BCUT2D eigenvalue weighted by atomic mass is 9.69. The van der Waals surface area contributed by atoms with Gasteiger partial charge in [0, 0.05) is 6.04 Å². The molecule has 6 nitrogen and oxygen atoms in total. The minimum absolute atomic E-state index is 0.143. The van der Waals surface area contributed by atoms with Crippen LogP contribution in [0.1, 0.15) is 44.2 Å². The van der Waals surface area contributed by atoms with Crippen molar-refractivity contribution in [3.05, 3.63) is 47.5 Å². The molecule has 0 aromatic heterocycles. The summed E-state index contributed by atoms with van der Waals surface area (Å²) in [5.41, 5.74) is 1.55. The third-order valence-electron chi connectivity index (χ3n) is 6.61. The maximum atomic E-state index is 10.3. The monoisotopic (exact) mass is 454 g/mol. The molecule has 33 heavy (non-hydrogen) atoms. The first-order chi connectivity index (χ1) is 15.9. The van der Waals surface area contributed by atoms with Gasteiger partial charge in [-0.05, 0) is 74.0 Å². The minimum atomic E-state index is -0.613. The predicted octanol–water partition coefficient (Wildman–Crippen LogP) is 5.14. The molecule has 180 valence electrons. The van der Waals surface area contributed by atoms with Gasteiger partial charge in [0.2, 0.25) is 0 Å². The molecule has 1 N–H and O–H groups in total. The third-order valence-corrected chi connectivity index (χ3v) is 6.61. The van der Waals surface area contributed by atoms with Crippen LogP contribution in [0.4, 0.5) is 0 Å². The van der Waals surface area contributed by atoms with E-state index in [4.69, 9.17) is 18.9 Å². The van der Waals surface area contributed by atoms with Crippen LogP contribution < -0.4 is 24.3 Å². The maximum Gasteiger partial charge on any atom is 0.161 e. The van der Waals surface area contributed by atoms with Crippen LogP contribution in [-0.4, -0.2) is 41.5 Å². The molecule has 0 aliphatic heterocycles. The quantitative estimate of drug-likeness (QED) is 0.452. The lowest BCUT2D eigenvalue weighted by molar-refractivity contribution is 0.325. The van der Waals surface area contributed by atoms with E-state index in [1.165, 1.54) is 5.56 Å². The van der Waals surface area contributed by atoms with Gasteiger partial charge in [0.15, 0.2) is 23.0 Å². The van der Waals surface area contributed by atoms with Crippen LogP contribution >= 0.6 is 0 Å². The summed E-state index contributed by atoms with van der Waals surface area (Å²) in [6, 6.07) is 14.8. The van der Waals surface area contributed by atoms with Crippen molar-refractivity contribution in [1.29, 1.82) is 5.26 Å². The smallest absolute Gasteiger partial charge is 0.161 e. The molecule has 0 heterocycles. The normalized spacial score (nSPS) is 13.7. The van der Waals surface area contributed by atoms with Gasteiger partial charge in [-0.15, -0.1) is 0 Å². The van der Waals surface area contributed by atoms with E-state index >= 15 is 0 Å². The zero-order valence-electron chi connectivity index (χ0n) is 21.0. The summed E-state index contributed by atoms with van der Waals surface area (Å²) >= 11 is 0. The van der Waals surface area contributed by atoms with Crippen LogP contribution in [0.5, 0.6) is 23.0 Å². The highest BCUT2D eigenvalue weighted by molar-refractivity contribution is 5.47. The Bertz CT molecular complexity index is 938. The van der Waals surface area contributed by atoms with Crippen molar-refractivity contribution in [1.82, 2.24) is 5.32 Å². The second kappa shape index (κ2) is 12.4. The Kier molecular flexibility index (Phi) is 9.87. The Balaban J connectivity index is 2.17. The van der Waals surface area contributed by atoms with Crippen molar-refractivity contribution in [2.45, 2.75) is 51.0 Å². The molecule has 0 fully saturated rings. The van der Waals surface area contributed by atoms with Crippen molar-refractivity contribution < 1.29 is 18.9 Å². The second-order valence-corrected chi connectivity index (χ2v) is 8.56. The lowest BCUT2D eigenvalue weighted by Crippen LogP contribution is -2.34. The van der Waals surface area contributed by atoms with E-state index in [0.29, 0.717) is 11.5 Å². The summed E-state index contributed by atoms with van der Waals surface area (Å²) < 4.78 is 21.7. The van der Waals surface area contributed by atoms with Gasteiger partial charge < -0.3 is 24.3 Å². The first-order valence-corrected chi connectivity index (χ1v) is 11.4. The Morgan fingerprint density at radius 2 is 1.42 bits per heavy atom. The highest BCUT2D eigenvalue weighted by Crippen LogP contribution is 2.41. The molecule has 2 aromatic carbocycles. The van der Waals surface area contributed by atoms with Gasteiger partial charge in [-0.25, -0.2) is 0 Å². The molecule has 2 atom stereocenters. The SMILES string of the molecule is CNC(CCc1ccc(OC)c(OC)c1)CCC(C#N)(c1ccc(OC)c(OC)c1)C(C)C. The highest BCUT2D eigenvalue weighted by Gasteiger charge is 2.37. The van der Waals surface area contributed by atoms with Gasteiger partial charge >= 0.3 is 0 Å². The van der Waals surface area contributed by atoms with Crippen LogP contribution in [0.15, 0.2) is 36.4 Å². The van der Waals surface area contributed by atoms with Crippen LogP contribution in [0.25, 0.3) is 0 Å². The van der Waals surface area contributed by atoms with Gasteiger partial charge in [-0.2, -0.15) is 5.26 Å². The Labute approximate surface area is 198 Å². The molecule has 0 saturated heterocycles. The second-order valence-electron chi connectivity index (χ2n) is 8.56. The molecule has 2 aromatic rings. The van der Waals surface area contributed by atoms with E-state index in [-0.39, 0.29) is 12.0 Å². The molecule has 0 amide bonds. The predicted molar refractivity (Wildman–Crippen MR) is 132 cm³/mol. The van der Waals surface area contributed by atoms with Crippen molar-refractivity contribution in [3.8, 4) is 29.1 Å². The molecular formula is C27H38N2O4. The summed E-state index contributed by atoms with van der Waals surface area (Å²) in [4.78, 5) is 0. The first kappa shape index (κ1) is 26.3.